The van der Waals surface area contributed by atoms with Crippen LogP contribution in [0, 0.1) is 10.1 Å². The Kier molecular flexibility index (Phi) is 5.61. The molecule has 0 saturated carbocycles. The van der Waals surface area contributed by atoms with Gasteiger partial charge in [-0.3, -0.25) is 24.6 Å². The maximum atomic E-state index is 13.0. The maximum Gasteiger partial charge on any atom is 0.271 e. The predicted octanol–water partition coefficient (Wildman–Crippen LogP) is 2.01. The van der Waals surface area contributed by atoms with Gasteiger partial charge in [-0.2, -0.15) is 0 Å². The highest BCUT2D eigenvalue weighted by atomic mass is 16.6. The van der Waals surface area contributed by atoms with Crippen LogP contribution in [0.4, 0.5) is 11.4 Å². The van der Waals surface area contributed by atoms with Crippen molar-refractivity contribution in [1.82, 2.24) is 4.90 Å². The Balaban J connectivity index is 1.47. The first-order chi connectivity index (χ1) is 15.0. The summed E-state index contributed by atoms with van der Waals surface area (Å²) in [5.41, 5.74) is 0.0225. The lowest BCUT2D eigenvalue weighted by molar-refractivity contribution is -0.384. The van der Waals surface area contributed by atoms with Crippen LogP contribution in [0.25, 0.3) is 0 Å². The van der Waals surface area contributed by atoms with Crippen LogP contribution in [0.5, 0.6) is 17.2 Å². The molecule has 10 heteroatoms. The number of carbonyl (C=O) groups is 2. The fourth-order valence-corrected chi connectivity index (χ4v) is 3.52. The van der Waals surface area contributed by atoms with E-state index in [-0.39, 0.29) is 43.1 Å². The number of para-hydroxylation sites is 2. The summed E-state index contributed by atoms with van der Waals surface area (Å²) in [5, 5.41) is 11.1. The smallest absolute Gasteiger partial charge is 0.271 e. The van der Waals surface area contributed by atoms with Gasteiger partial charge < -0.3 is 19.1 Å². The van der Waals surface area contributed by atoms with E-state index in [0.29, 0.717) is 30.4 Å². The third kappa shape index (κ3) is 4.23. The van der Waals surface area contributed by atoms with Crippen LogP contribution in [0.3, 0.4) is 0 Å². The molecule has 162 valence electrons. The minimum atomic E-state index is -0.560. The van der Waals surface area contributed by atoms with Gasteiger partial charge in [-0.15, -0.1) is 0 Å². The summed E-state index contributed by atoms with van der Waals surface area (Å²) in [6.07, 6.45) is -0.354. The number of anilines is 1. The van der Waals surface area contributed by atoms with E-state index in [1.54, 1.807) is 11.0 Å². The zero-order chi connectivity index (χ0) is 22.0. The number of nitro benzene ring substituents is 1. The van der Waals surface area contributed by atoms with Crippen molar-refractivity contribution < 1.29 is 28.7 Å². The molecular weight excluding hydrogens is 406 g/mol. The Morgan fingerprint density at radius 3 is 2.71 bits per heavy atom. The number of amides is 2. The highest BCUT2D eigenvalue weighted by molar-refractivity contribution is 6.02. The van der Waals surface area contributed by atoms with Crippen molar-refractivity contribution in [2.75, 3.05) is 37.7 Å². The molecule has 0 bridgehead atoms. The third-order valence-corrected chi connectivity index (χ3v) is 5.12. The molecule has 0 radical (unpaired) electrons. The Labute approximate surface area is 178 Å². The number of hydrogen-bond donors (Lipinski definition) is 0. The molecule has 0 aromatic heterocycles. The number of carbonyl (C=O) groups excluding carboxylic acids is 2. The highest BCUT2D eigenvalue weighted by Gasteiger charge is 2.31. The fourth-order valence-electron chi connectivity index (χ4n) is 3.52. The first kappa shape index (κ1) is 20.5. The molecule has 2 aromatic carbocycles. The second-order valence-electron chi connectivity index (χ2n) is 7.11. The second kappa shape index (κ2) is 8.50. The highest BCUT2D eigenvalue weighted by Crippen LogP contribution is 2.35. The zero-order valence-electron chi connectivity index (χ0n) is 16.9. The van der Waals surface area contributed by atoms with E-state index in [1.807, 2.05) is 25.1 Å². The molecule has 2 aromatic rings. The number of rotatable bonds is 6. The number of hydrogen-bond acceptors (Lipinski definition) is 7. The molecule has 10 nitrogen and oxygen atoms in total. The van der Waals surface area contributed by atoms with E-state index in [0.717, 1.165) is 0 Å². The van der Waals surface area contributed by atoms with E-state index in [4.69, 9.17) is 14.2 Å². The van der Waals surface area contributed by atoms with Gasteiger partial charge in [0.2, 0.25) is 5.91 Å². The average molecular weight is 427 g/mol. The quantitative estimate of drug-likeness (QED) is 0.512. The largest absolute Gasteiger partial charge is 0.486 e. The Bertz CT molecular complexity index is 1030. The molecule has 1 unspecified atom stereocenters. The summed E-state index contributed by atoms with van der Waals surface area (Å²) in [6, 6.07) is 11.3. The number of nitrogens with zero attached hydrogens (tertiary/aromatic N) is 3. The van der Waals surface area contributed by atoms with Crippen LogP contribution in [0.1, 0.15) is 6.92 Å². The lowest BCUT2D eigenvalue weighted by atomic mass is 10.2. The van der Waals surface area contributed by atoms with Crippen LogP contribution >= 0.6 is 0 Å². The van der Waals surface area contributed by atoms with Gasteiger partial charge in [-0.05, 0) is 25.1 Å². The monoisotopic (exact) mass is 427 g/mol. The molecular formula is C21H21N3O7. The van der Waals surface area contributed by atoms with Crippen molar-refractivity contribution in [2.45, 2.75) is 13.0 Å². The van der Waals surface area contributed by atoms with Crippen LogP contribution < -0.4 is 19.1 Å². The summed E-state index contributed by atoms with van der Waals surface area (Å²) < 4.78 is 17.0. The van der Waals surface area contributed by atoms with Crippen LogP contribution in [0.15, 0.2) is 42.5 Å². The number of nitro groups is 1. The molecule has 0 spiro atoms. The van der Waals surface area contributed by atoms with E-state index in [9.17, 15) is 19.7 Å². The van der Waals surface area contributed by atoms with Gasteiger partial charge >= 0.3 is 0 Å². The molecule has 0 saturated heterocycles. The maximum absolute atomic E-state index is 13.0. The SMILES string of the molecule is CCN(CC1COc2ccccc2O1)C(=O)CN1C(=O)COc2ccc([N+](=O)[O-])cc21. The zero-order valence-corrected chi connectivity index (χ0v) is 16.9. The lowest BCUT2D eigenvalue weighted by Gasteiger charge is -2.33. The first-order valence-corrected chi connectivity index (χ1v) is 9.84. The molecule has 2 amide bonds. The van der Waals surface area contributed by atoms with E-state index >= 15 is 0 Å². The number of benzene rings is 2. The van der Waals surface area contributed by atoms with Crippen molar-refractivity contribution in [3.8, 4) is 17.2 Å². The topological polar surface area (TPSA) is 111 Å². The number of ether oxygens (including phenoxy) is 3. The molecule has 1 atom stereocenters. The van der Waals surface area contributed by atoms with Gasteiger partial charge in [-0.25, -0.2) is 0 Å². The van der Waals surface area contributed by atoms with Crippen molar-refractivity contribution in [3.63, 3.8) is 0 Å². The molecule has 2 aliphatic heterocycles. The van der Waals surface area contributed by atoms with Gasteiger partial charge in [0, 0.05) is 18.7 Å². The van der Waals surface area contributed by atoms with Crippen molar-refractivity contribution in [3.05, 3.63) is 52.6 Å². The van der Waals surface area contributed by atoms with Gasteiger partial charge in [0.25, 0.3) is 11.6 Å². The van der Waals surface area contributed by atoms with Crippen LogP contribution in [-0.4, -0.2) is 60.6 Å². The van der Waals surface area contributed by atoms with E-state index < -0.39 is 10.8 Å². The molecule has 2 aliphatic rings. The normalized spacial score (nSPS) is 16.9. The van der Waals surface area contributed by atoms with Gasteiger partial charge in [-0.1, -0.05) is 12.1 Å². The number of non-ortho nitro benzene ring substituents is 1. The minimum Gasteiger partial charge on any atom is -0.486 e. The summed E-state index contributed by atoms with van der Waals surface area (Å²) in [7, 11) is 0. The molecule has 0 fully saturated rings. The average Bonchev–Trinajstić information content (AvgIpc) is 2.78. The number of likely N-dealkylation sites (N-methyl/N-ethyl adjacent to an activating group) is 1. The third-order valence-electron chi connectivity index (χ3n) is 5.12. The summed E-state index contributed by atoms with van der Waals surface area (Å²) >= 11 is 0. The summed E-state index contributed by atoms with van der Waals surface area (Å²) in [6.45, 7) is 2.32. The first-order valence-electron chi connectivity index (χ1n) is 9.84. The van der Waals surface area contributed by atoms with Gasteiger partial charge in [0.15, 0.2) is 24.2 Å². The fraction of sp³-hybridized carbons (Fsp3) is 0.333. The molecule has 0 aliphatic carbocycles. The van der Waals surface area contributed by atoms with Crippen molar-refractivity contribution >= 4 is 23.2 Å². The molecule has 31 heavy (non-hydrogen) atoms. The van der Waals surface area contributed by atoms with E-state index in [1.165, 1.54) is 23.1 Å². The Morgan fingerprint density at radius 2 is 1.97 bits per heavy atom. The van der Waals surface area contributed by atoms with Crippen LogP contribution in [-0.2, 0) is 9.59 Å². The molecule has 2 heterocycles. The standard InChI is InChI=1S/C21H21N3O7/c1-2-22(10-15-12-29-18-5-3-4-6-19(18)31-15)20(25)11-23-16-9-14(24(27)28)7-8-17(16)30-13-21(23)26/h3-9,15H,2,10-13H2,1H3. The second-order valence-corrected chi connectivity index (χ2v) is 7.11. The summed E-state index contributed by atoms with van der Waals surface area (Å²) in [4.78, 5) is 38.8. The molecule has 0 N–H and O–H groups in total. The van der Waals surface area contributed by atoms with Gasteiger partial charge in [0.1, 0.15) is 18.9 Å². The lowest BCUT2D eigenvalue weighted by Crippen LogP contribution is -2.49. The van der Waals surface area contributed by atoms with Gasteiger partial charge in [0.05, 0.1) is 17.2 Å². The molecule has 4 rings (SSSR count). The van der Waals surface area contributed by atoms with E-state index in [2.05, 4.69) is 0 Å². The summed E-state index contributed by atoms with van der Waals surface area (Å²) in [5.74, 6) is 0.847. The Hall–Kier alpha value is -3.82. The minimum absolute atomic E-state index is 0.187. The Morgan fingerprint density at radius 1 is 1.19 bits per heavy atom. The van der Waals surface area contributed by atoms with Crippen molar-refractivity contribution in [2.24, 2.45) is 0 Å². The van der Waals surface area contributed by atoms with Crippen LogP contribution in [0.2, 0.25) is 0 Å². The van der Waals surface area contributed by atoms with Crippen molar-refractivity contribution in [1.29, 1.82) is 0 Å². The predicted molar refractivity (Wildman–Crippen MR) is 110 cm³/mol. The number of fused-ring (bicyclic) bond motifs is 2.